The summed E-state index contributed by atoms with van der Waals surface area (Å²) in [6.45, 7) is 5.69. The van der Waals surface area contributed by atoms with Gasteiger partial charge in [0.25, 0.3) is 0 Å². The minimum atomic E-state index is -3.13. The lowest BCUT2D eigenvalue weighted by Gasteiger charge is -2.20. The van der Waals surface area contributed by atoms with Gasteiger partial charge in [0.05, 0.1) is 5.75 Å². The first-order chi connectivity index (χ1) is 10.5. The van der Waals surface area contributed by atoms with Crippen molar-refractivity contribution in [2.45, 2.75) is 39.0 Å². The van der Waals surface area contributed by atoms with E-state index in [1.807, 2.05) is 25.1 Å². The van der Waals surface area contributed by atoms with E-state index in [4.69, 9.17) is 9.47 Å². The van der Waals surface area contributed by atoms with Crippen LogP contribution in [-0.2, 0) is 10.0 Å². The molecule has 0 amide bonds. The van der Waals surface area contributed by atoms with Gasteiger partial charge in [0, 0.05) is 6.54 Å². The second-order valence-corrected chi connectivity index (χ2v) is 7.59. The molecule has 1 N–H and O–H groups in total. The summed E-state index contributed by atoms with van der Waals surface area (Å²) in [5.41, 5.74) is 1.14. The number of fused-ring (bicyclic) bond motifs is 1. The van der Waals surface area contributed by atoms with Gasteiger partial charge in [0.15, 0.2) is 11.5 Å². The average molecular weight is 327 g/mol. The van der Waals surface area contributed by atoms with Crippen LogP contribution in [0.5, 0.6) is 11.5 Å². The number of ether oxygens (including phenoxy) is 2. The molecule has 22 heavy (non-hydrogen) atoms. The van der Waals surface area contributed by atoms with Crippen LogP contribution in [0.15, 0.2) is 18.2 Å². The number of hydrogen-bond donors (Lipinski definition) is 1. The van der Waals surface area contributed by atoms with Gasteiger partial charge in [0.2, 0.25) is 10.0 Å². The Bertz CT molecular complexity index is 586. The third-order valence-electron chi connectivity index (χ3n) is 3.80. The summed E-state index contributed by atoms with van der Waals surface area (Å²) in [5, 5.41) is 0. The summed E-state index contributed by atoms with van der Waals surface area (Å²) in [7, 11) is -3.13. The minimum Gasteiger partial charge on any atom is -0.486 e. The van der Waals surface area contributed by atoms with Crippen molar-refractivity contribution in [3.8, 4) is 11.5 Å². The number of benzene rings is 1. The van der Waals surface area contributed by atoms with E-state index >= 15 is 0 Å². The van der Waals surface area contributed by atoms with Crippen molar-refractivity contribution in [3.63, 3.8) is 0 Å². The van der Waals surface area contributed by atoms with Gasteiger partial charge in [-0.25, -0.2) is 13.1 Å². The molecular formula is C16H25NO4S. The molecule has 1 aromatic carbocycles. The highest BCUT2D eigenvalue weighted by atomic mass is 32.2. The molecule has 1 atom stereocenters. The Morgan fingerprint density at radius 3 is 2.68 bits per heavy atom. The Balaban J connectivity index is 1.86. The molecule has 0 aromatic heterocycles. The Labute approximate surface area is 133 Å². The smallest absolute Gasteiger partial charge is 0.211 e. The van der Waals surface area contributed by atoms with E-state index in [1.54, 1.807) is 0 Å². The molecule has 0 bridgehead atoms. The highest BCUT2D eigenvalue weighted by Crippen LogP contribution is 2.33. The van der Waals surface area contributed by atoms with E-state index in [-0.39, 0.29) is 11.7 Å². The maximum Gasteiger partial charge on any atom is 0.211 e. The van der Waals surface area contributed by atoms with Crippen molar-refractivity contribution in [2.24, 2.45) is 0 Å². The number of sulfonamides is 1. The first-order valence-corrected chi connectivity index (χ1v) is 9.54. The van der Waals surface area contributed by atoms with E-state index in [1.165, 1.54) is 0 Å². The van der Waals surface area contributed by atoms with Crippen LogP contribution in [0.2, 0.25) is 0 Å². The highest BCUT2D eigenvalue weighted by molar-refractivity contribution is 7.89. The van der Waals surface area contributed by atoms with Crippen LogP contribution in [-0.4, -0.2) is 33.9 Å². The van der Waals surface area contributed by atoms with Crippen molar-refractivity contribution in [1.82, 2.24) is 4.72 Å². The lowest BCUT2D eigenvalue weighted by atomic mass is 9.97. The van der Waals surface area contributed by atoms with Crippen LogP contribution >= 0.6 is 0 Å². The molecule has 1 aliphatic rings. The average Bonchev–Trinajstić information content (AvgIpc) is 2.52. The molecule has 0 saturated carbocycles. The standard InChI is InChI=1S/C16H25NO4S/c1-3-4-11-22(18,19)17-8-7-13(2)14-5-6-15-16(12-14)21-10-9-20-15/h5-6,12-13,17H,3-4,7-11H2,1-2H3. The molecule has 6 heteroatoms. The van der Waals surface area contributed by atoms with Crippen LogP contribution in [0.3, 0.4) is 0 Å². The highest BCUT2D eigenvalue weighted by Gasteiger charge is 2.15. The molecule has 124 valence electrons. The lowest BCUT2D eigenvalue weighted by molar-refractivity contribution is 0.171. The molecule has 0 radical (unpaired) electrons. The fourth-order valence-electron chi connectivity index (χ4n) is 2.37. The van der Waals surface area contributed by atoms with Gasteiger partial charge < -0.3 is 9.47 Å². The van der Waals surface area contributed by atoms with E-state index < -0.39 is 10.0 Å². The van der Waals surface area contributed by atoms with Crippen LogP contribution in [0.1, 0.15) is 44.6 Å². The van der Waals surface area contributed by atoms with E-state index in [0.29, 0.717) is 26.2 Å². The molecule has 0 fully saturated rings. The van der Waals surface area contributed by atoms with Gasteiger partial charge in [-0.15, -0.1) is 0 Å². The molecule has 0 saturated heterocycles. The SMILES string of the molecule is CCCCS(=O)(=O)NCCC(C)c1ccc2c(c1)OCCO2. The zero-order valence-corrected chi connectivity index (χ0v) is 14.1. The molecule has 2 rings (SSSR count). The summed E-state index contributed by atoms with van der Waals surface area (Å²) in [4.78, 5) is 0. The zero-order chi connectivity index (χ0) is 16.0. The van der Waals surface area contributed by atoms with Gasteiger partial charge in [0.1, 0.15) is 13.2 Å². The third kappa shape index (κ3) is 4.88. The van der Waals surface area contributed by atoms with Gasteiger partial charge >= 0.3 is 0 Å². The molecule has 0 spiro atoms. The van der Waals surface area contributed by atoms with E-state index in [9.17, 15) is 8.42 Å². The summed E-state index contributed by atoms with van der Waals surface area (Å²) in [5.74, 6) is 2.02. The fraction of sp³-hybridized carbons (Fsp3) is 0.625. The Hall–Kier alpha value is -1.27. The molecule has 1 unspecified atom stereocenters. The summed E-state index contributed by atoms with van der Waals surface area (Å²) in [6.07, 6.45) is 2.34. The van der Waals surface area contributed by atoms with Crippen molar-refractivity contribution in [1.29, 1.82) is 0 Å². The topological polar surface area (TPSA) is 64.6 Å². The summed E-state index contributed by atoms with van der Waals surface area (Å²) >= 11 is 0. The molecule has 5 nitrogen and oxygen atoms in total. The predicted octanol–water partition coefficient (Wildman–Crippen LogP) is 2.67. The number of hydrogen-bond acceptors (Lipinski definition) is 4. The predicted molar refractivity (Wildman–Crippen MR) is 87.2 cm³/mol. The Kier molecular flexibility index (Phi) is 6.08. The van der Waals surface area contributed by atoms with Crippen molar-refractivity contribution < 1.29 is 17.9 Å². The van der Waals surface area contributed by atoms with Gasteiger partial charge in [-0.3, -0.25) is 0 Å². The fourth-order valence-corrected chi connectivity index (χ4v) is 3.61. The van der Waals surface area contributed by atoms with E-state index in [2.05, 4.69) is 11.6 Å². The van der Waals surface area contributed by atoms with Crippen molar-refractivity contribution >= 4 is 10.0 Å². The lowest BCUT2D eigenvalue weighted by Crippen LogP contribution is -2.28. The van der Waals surface area contributed by atoms with Crippen LogP contribution in [0.4, 0.5) is 0 Å². The van der Waals surface area contributed by atoms with Crippen molar-refractivity contribution in [2.75, 3.05) is 25.5 Å². The molecule has 1 aliphatic heterocycles. The van der Waals surface area contributed by atoms with Crippen LogP contribution in [0, 0.1) is 0 Å². The maximum absolute atomic E-state index is 11.8. The molecule has 0 aliphatic carbocycles. The normalized spacial score (nSPS) is 15.5. The largest absolute Gasteiger partial charge is 0.486 e. The maximum atomic E-state index is 11.8. The molecular weight excluding hydrogens is 302 g/mol. The van der Waals surface area contributed by atoms with E-state index in [0.717, 1.165) is 29.9 Å². The van der Waals surface area contributed by atoms with Gasteiger partial charge in [-0.05, 0) is 36.5 Å². The summed E-state index contributed by atoms with van der Waals surface area (Å²) in [6, 6.07) is 5.93. The first-order valence-electron chi connectivity index (χ1n) is 7.88. The first kappa shape index (κ1) is 17.1. The van der Waals surface area contributed by atoms with Crippen LogP contribution < -0.4 is 14.2 Å². The van der Waals surface area contributed by atoms with Crippen molar-refractivity contribution in [3.05, 3.63) is 23.8 Å². The quantitative estimate of drug-likeness (QED) is 0.797. The second kappa shape index (κ2) is 7.83. The minimum absolute atomic E-state index is 0.210. The third-order valence-corrected chi connectivity index (χ3v) is 5.27. The molecule has 1 heterocycles. The summed E-state index contributed by atoms with van der Waals surface area (Å²) < 4.78 is 37.3. The number of unbranched alkanes of at least 4 members (excludes halogenated alkanes) is 1. The second-order valence-electron chi connectivity index (χ2n) is 5.66. The number of nitrogens with one attached hydrogen (secondary N) is 1. The monoisotopic (exact) mass is 327 g/mol. The Morgan fingerprint density at radius 2 is 1.95 bits per heavy atom. The van der Waals surface area contributed by atoms with Gasteiger partial charge in [-0.2, -0.15) is 0 Å². The Morgan fingerprint density at radius 1 is 1.23 bits per heavy atom. The van der Waals surface area contributed by atoms with Crippen LogP contribution in [0.25, 0.3) is 0 Å². The number of rotatable bonds is 8. The molecule has 1 aromatic rings. The zero-order valence-electron chi connectivity index (χ0n) is 13.3. The van der Waals surface area contributed by atoms with Gasteiger partial charge in [-0.1, -0.05) is 26.3 Å².